The van der Waals surface area contributed by atoms with Crippen molar-refractivity contribution in [3.8, 4) is 44.6 Å². The number of para-hydroxylation sites is 1. The number of hydrogen-bond donors (Lipinski definition) is 1. The van der Waals surface area contributed by atoms with E-state index in [0.717, 1.165) is 72.6 Å². The second kappa shape index (κ2) is 14.4. The lowest BCUT2D eigenvalue weighted by molar-refractivity contribution is 0.674. The summed E-state index contributed by atoms with van der Waals surface area (Å²) >= 11 is 0. The highest BCUT2D eigenvalue weighted by Crippen LogP contribution is 2.40. The molecule has 1 unspecified atom stereocenters. The number of benzene rings is 8. The highest BCUT2D eigenvalue weighted by atomic mass is 15.2. The molecule has 2 heterocycles. The molecule has 4 nitrogen and oxygen atoms in total. The summed E-state index contributed by atoms with van der Waals surface area (Å²) in [7, 11) is 0. The first-order chi connectivity index (χ1) is 27.7. The van der Waals surface area contributed by atoms with Crippen LogP contribution in [0, 0.1) is 0 Å². The van der Waals surface area contributed by atoms with Crippen LogP contribution >= 0.6 is 0 Å². The van der Waals surface area contributed by atoms with Crippen LogP contribution in [0.1, 0.15) is 22.9 Å². The fourth-order valence-corrected chi connectivity index (χ4v) is 7.74. The second-order valence-electron chi connectivity index (χ2n) is 14.0. The lowest BCUT2D eigenvalue weighted by atomic mass is 9.91. The molecule has 8 aromatic carbocycles. The van der Waals surface area contributed by atoms with Crippen LogP contribution < -0.4 is 5.32 Å². The zero-order chi connectivity index (χ0) is 37.3. The van der Waals surface area contributed by atoms with Crippen molar-refractivity contribution in [2.75, 3.05) is 0 Å². The second-order valence-corrected chi connectivity index (χ2v) is 14.0. The number of hydrogen-bond acceptors (Lipinski definition) is 4. The van der Waals surface area contributed by atoms with Gasteiger partial charge in [-0.15, -0.1) is 0 Å². The van der Waals surface area contributed by atoms with E-state index in [1.54, 1.807) is 0 Å². The maximum Gasteiger partial charge on any atom is 0.159 e. The molecule has 56 heavy (non-hydrogen) atoms. The predicted molar refractivity (Wildman–Crippen MR) is 233 cm³/mol. The summed E-state index contributed by atoms with van der Waals surface area (Å²) in [6.07, 6.45) is -0.279. The molecule has 264 valence electrons. The summed E-state index contributed by atoms with van der Waals surface area (Å²) in [6, 6.07) is 72.4. The summed E-state index contributed by atoms with van der Waals surface area (Å²) in [5.41, 5.74) is 13.1. The van der Waals surface area contributed by atoms with E-state index in [-0.39, 0.29) is 6.17 Å². The van der Waals surface area contributed by atoms with Gasteiger partial charge in [-0.2, -0.15) is 0 Å². The van der Waals surface area contributed by atoms with E-state index in [9.17, 15) is 0 Å². The normalized spacial score (nSPS) is 13.9. The largest absolute Gasteiger partial charge is 0.344 e. The van der Waals surface area contributed by atoms with Crippen molar-refractivity contribution in [1.82, 2.24) is 10.3 Å². The Morgan fingerprint density at radius 3 is 1.66 bits per heavy atom. The zero-order valence-electron chi connectivity index (χ0n) is 30.5. The predicted octanol–water partition coefficient (Wildman–Crippen LogP) is 12.6. The van der Waals surface area contributed by atoms with Gasteiger partial charge in [0.25, 0.3) is 0 Å². The minimum Gasteiger partial charge on any atom is -0.344 e. The number of rotatable bonds is 7. The van der Waals surface area contributed by atoms with Gasteiger partial charge in [-0.05, 0) is 57.1 Å². The Labute approximate surface area is 326 Å². The summed E-state index contributed by atoms with van der Waals surface area (Å²) < 4.78 is 0. The van der Waals surface area contributed by atoms with E-state index < -0.39 is 0 Å². The van der Waals surface area contributed by atoms with E-state index in [4.69, 9.17) is 15.0 Å². The summed E-state index contributed by atoms with van der Waals surface area (Å²) in [6.45, 7) is 0. The van der Waals surface area contributed by atoms with Gasteiger partial charge in [0.15, 0.2) is 5.84 Å². The lowest BCUT2D eigenvalue weighted by Crippen LogP contribution is -2.33. The van der Waals surface area contributed by atoms with E-state index in [0.29, 0.717) is 0 Å². The summed E-state index contributed by atoms with van der Waals surface area (Å²) in [5.74, 6) is 1.53. The molecule has 0 fully saturated rings. The number of nitrogens with one attached hydrogen (secondary N) is 1. The Morgan fingerprint density at radius 1 is 0.393 bits per heavy atom. The Kier molecular flexibility index (Phi) is 8.54. The van der Waals surface area contributed by atoms with Crippen molar-refractivity contribution >= 4 is 33.3 Å². The molecular formula is C52H36N4. The van der Waals surface area contributed by atoms with E-state index >= 15 is 0 Å². The smallest absolute Gasteiger partial charge is 0.159 e. The lowest BCUT2D eigenvalue weighted by Gasteiger charge is -2.24. The third-order valence-electron chi connectivity index (χ3n) is 10.5. The number of aliphatic imine (C=N–C) groups is 2. The number of pyridine rings is 1. The van der Waals surface area contributed by atoms with Gasteiger partial charge in [0.05, 0.1) is 11.2 Å². The quantitative estimate of drug-likeness (QED) is 0.167. The van der Waals surface area contributed by atoms with Crippen LogP contribution in [0.5, 0.6) is 0 Å². The molecule has 9 aromatic rings. The van der Waals surface area contributed by atoms with E-state index in [2.05, 4.69) is 175 Å². The molecular weight excluding hydrogens is 681 g/mol. The Balaban J connectivity index is 1.02. The highest BCUT2D eigenvalue weighted by molar-refractivity contribution is 6.17. The average Bonchev–Trinajstić information content (AvgIpc) is 3.29. The van der Waals surface area contributed by atoms with Gasteiger partial charge in [-0.3, -0.25) is 0 Å². The fraction of sp³-hybridized carbons (Fsp3) is 0.0192. The van der Waals surface area contributed by atoms with Crippen LogP contribution in [-0.2, 0) is 0 Å². The third kappa shape index (κ3) is 6.33. The molecule has 0 saturated carbocycles. The first-order valence-electron chi connectivity index (χ1n) is 19.0. The molecule has 0 spiro atoms. The van der Waals surface area contributed by atoms with Crippen LogP contribution in [0.25, 0.3) is 66.3 Å². The number of fused-ring (bicyclic) bond motifs is 3. The fourth-order valence-electron chi connectivity index (χ4n) is 7.74. The number of amidine groups is 2. The standard InChI is InChI=1S/C52H36N4/c1-4-15-35(16-5-1)41-22-13-24-43(34-41)49-46-27-14-26-44(48(46)45-25-10-11-28-47(45)53-49)42-23-12-21-40(33-42)36-29-31-39(32-30-36)52-55-50(37-17-6-2-7-18-37)54-51(56-52)38-19-8-3-9-20-38/h1-34,52H,(H,54,55,56). The van der Waals surface area contributed by atoms with Crippen LogP contribution in [-0.4, -0.2) is 16.7 Å². The zero-order valence-corrected chi connectivity index (χ0v) is 30.5. The number of aromatic nitrogens is 1. The van der Waals surface area contributed by atoms with Gasteiger partial charge in [0.1, 0.15) is 12.0 Å². The van der Waals surface area contributed by atoms with Crippen molar-refractivity contribution < 1.29 is 0 Å². The van der Waals surface area contributed by atoms with Crippen LogP contribution in [0.15, 0.2) is 216 Å². The van der Waals surface area contributed by atoms with Crippen molar-refractivity contribution in [1.29, 1.82) is 0 Å². The average molecular weight is 717 g/mol. The molecule has 0 aliphatic carbocycles. The van der Waals surface area contributed by atoms with Gasteiger partial charge in [0, 0.05) is 32.8 Å². The van der Waals surface area contributed by atoms with Crippen molar-refractivity contribution in [2.24, 2.45) is 9.98 Å². The van der Waals surface area contributed by atoms with Crippen LogP contribution in [0.3, 0.4) is 0 Å². The first kappa shape index (κ1) is 33.2. The van der Waals surface area contributed by atoms with Crippen LogP contribution in [0.2, 0.25) is 0 Å². The Bertz CT molecular complexity index is 2920. The van der Waals surface area contributed by atoms with Gasteiger partial charge in [-0.1, -0.05) is 188 Å². The molecule has 0 radical (unpaired) electrons. The third-order valence-corrected chi connectivity index (χ3v) is 10.5. The molecule has 4 heteroatoms. The van der Waals surface area contributed by atoms with E-state index in [1.165, 1.54) is 22.1 Å². The maximum absolute atomic E-state index is 5.28. The molecule has 0 amide bonds. The van der Waals surface area contributed by atoms with E-state index in [1.807, 2.05) is 36.4 Å². The molecule has 10 rings (SSSR count). The topological polar surface area (TPSA) is 49.6 Å². The molecule has 1 atom stereocenters. The van der Waals surface area contributed by atoms with Crippen LogP contribution in [0.4, 0.5) is 0 Å². The van der Waals surface area contributed by atoms with Gasteiger partial charge >= 0.3 is 0 Å². The molecule has 1 N–H and O–H groups in total. The molecule has 1 aromatic heterocycles. The van der Waals surface area contributed by atoms with Crippen molar-refractivity contribution in [3.63, 3.8) is 0 Å². The minimum atomic E-state index is -0.279. The van der Waals surface area contributed by atoms with Gasteiger partial charge in [0.2, 0.25) is 0 Å². The summed E-state index contributed by atoms with van der Waals surface area (Å²) in [5, 5.41) is 7.08. The van der Waals surface area contributed by atoms with Gasteiger partial charge < -0.3 is 5.32 Å². The Morgan fingerprint density at radius 2 is 0.929 bits per heavy atom. The first-order valence-corrected chi connectivity index (χ1v) is 19.0. The monoisotopic (exact) mass is 716 g/mol. The SMILES string of the molecule is c1ccc(C2=NC(c3ccc(-c4cccc(-c5cccc6c(-c7cccc(-c8ccccc8)c7)nc7ccccc7c56)c4)cc3)NC(c3ccccc3)=N2)cc1. The highest BCUT2D eigenvalue weighted by Gasteiger charge is 2.21. The van der Waals surface area contributed by atoms with Crippen molar-refractivity contribution in [3.05, 3.63) is 223 Å². The van der Waals surface area contributed by atoms with Gasteiger partial charge in [-0.25, -0.2) is 15.0 Å². The number of nitrogens with zero attached hydrogens (tertiary/aromatic N) is 3. The molecule has 0 saturated heterocycles. The Hall–Kier alpha value is -7.43. The molecule has 0 bridgehead atoms. The molecule has 1 aliphatic heterocycles. The van der Waals surface area contributed by atoms with Crippen molar-refractivity contribution in [2.45, 2.75) is 6.17 Å². The minimum absolute atomic E-state index is 0.279. The maximum atomic E-state index is 5.28. The molecule has 1 aliphatic rings. The summed E-state index contributed by atoms with van der Waals surface area (Å²) in [4.78, 5) is 15.3.